The van der Waals surface area contributed by atoms with Crippen LogP contribution in [0.4, 0.5) is 0 Å². The summed E-state index contributed by atoms with van der Waals surface area (Å²) in [5.41, 5.74) is 0. The van der Waals surface area contributed by atoms with E-state index in [9.17, 15) is 8.42 Å². The molecule has 1 saturated carbocycles. The molecule has 15 heavy (non-hydrogen) atoms. The molecule has 0 atom stereocenters. The number of benzene rings is 1. The molecule has 0 aromatic heterocycles. The first-order valence-electron chi connectivity index (χ1n) is 4.78. The zero-order chi connectivity index (χ0) is 10.9. The van der Waals surface area contributed by atoms with Crippen LogP contribution < -0.4 is 9.46 Å². The van der Waals surface area contributed by atoms with Gasteiger partial charge < -0.3 is 4.74 Å². The Balaban J connectivity index is 2.26. The van der Waals surface area contributed by atoms with Gasteiger partial charge in [0, 0.05) is 12.1 Å². The lowest BCUT2D eigenvalue weighted by atomic mass is 10.3. The van der Waals surface area contributed by atoms with Crippen molar-refractivity contribution in [3.8, 4) is 5.75 Å². The number of sulfonamides is 1. The Hall–Kier alpha value is -1.07. The van der Waals surface area contributed by atoms with Crippen molar-refractivity contribution in [2.75, 3.05) is 7.11 Å². The van der Waals surface area contributed by atoms with E-state index in [2.05, 4.69) is 4.72 Å². The van der Waals surface area contributed by atoms with Crippen LogP contribution in [0.25, 0.3) is 0 Å². The number of rotatable bonds is 4. The first-order valence-corrected chi connectivity index (χ1v) is 6.26. The summed E-state index contributed by atoms with van der Waals surface area (Å²) in [6, 6.07) is 6.59. The van der Waals surface area contributed by atoms with Crippen molar-refractivity contribution in [2.24, 2.45) is 0 Å². The van der Waals surface area contributed by atoms with E-state index in [0.29, 0.717) is 5.75 Å². The van der Waals surface area contributed by atoms with Gasteiger partial charge >= 0.3 is 0 Å². The Labute approximate surface area is 89.3 Å². The van der Waals surface area contributed by atoms with E-state index in [4.69, 9.17) is 4.74 Å². The Morgan fingerprint density at radius 3 is 2.73 bits per heavy atom. The number of nitrogens with one attached hydrogen (secondary N) is 1. The molecule has 0 aliphatic heterocycles. The van der Waals surface area contributed by atoms with E-state index in [-0.39, 0.29) is 10.9 Å². The van der Waals surface area contributed by atoms with Crippen LogP contribution in [0, 0.1) is 0 Å². The lowest BCUT2D eigenvalue weighted by molar-refractivity contribution is 0.413. The topological polar surface area (TPSA) is 55.4 Å². The van der Waals surface area contributed by atoms with Crippen LogP contribution in [-0.2, 0) is 10.0 Å². The summed E-state index contributed by atoms with van der Waals surface area (Å²) in [5.74, 6) is 0.550. The molecular weight excluding hydrogens is 214 g/mol. The molecule has 0 bridgehead atoms. The third kappa shape index (κ3) is 2.49. The molecule has 0 unspecified atom stereocenters. The average Bonchev–Trinajstić information content (AvgIpc) is 3.01. The normalized spacial score (nSPS) is 16.3. The van der Waals surface area contributed by atoms with E-state index in [1.54, 1.807) is 18.2 Å². The third-order valence-electron chi connectivity index (χ3n) is 2.25. The molecule has 2 rings (SSSR count). The smallest absolute Gasteiger partial charge is 0.240 e. The van der Waals surface area contributed by atoms with Gasteiger partial charge in [-0.05, 0) is 25.0 Å². The van der Waals surface area contributed by atoms with Crippen molar-refractivity contribution in [2.45, 2.75) is 23.8 Å². The highest BCUT2D eigenvalue weighted by Gasteiger charge is 2.27. The minimum absolute atomic E-state index is 0.126. The molecule has 0 spiro atoms. The molecule has 1 fully saturated rings. The third-order valence-corrected chi connectivity index (χ3v) is 3.77. The van der Waals surface area contributed by atoms with Gasteiger partial charge in [0.05, 0.1) is 12.0 Å². The number of ether oxygens (including phenoxy) is 1. The SMILES string of the molecule is COc1cccc(S(=O)(=O)NC2CC2)c1. The fourth-order valence-corrected chi connectivity index (χ4v) is 2.60. The average molecular weight is 227 g/mol. The second kappa shape index (κ2) is 3.83. The molecule has 82 valence electrons. The maximum atomic E-state index is 11.8. The van der Waals surface area contributed by atoms with Crippen molar-refractivity contribution in [1.29, 1.82) is 0 Å². The quantitative estimate of drug-likeness (QED) is 0.839. The summed E-state index contributed by atoms with van der Waals surface area (Å²) >= 11 is 0. The van der Waals surface area contributed by atoms with Crippen molar-refractivity contribution in [1.82, 2.24) is 4.72 Å². The summed E-state index contributed by atoms with van der Waals surface area (Å²) in [7, 11) is -1.85. The van der Waals surface area contributed by atoms with Gasteiger partial charge in [0.15, 0.2) is 0 Å². The van der Waals surface area contributed by atoms with Gasteiger partial charge in [0.2, 0.25) is 10.0 Å². The summed E-state index contributed by atoms with van der Waals surface area (Å²) < 4.78 is 31.2. The van der Waals surface area contributed by atoms with Crippen LogP contribution in [0.2, 0.25) is 0 Å². The standard InChI is InChI=1S/C10H13NO3S/c1-14-9-3-2-4-10(7-9)15(12,13)11-8-5-6-8/h2-4,7-8,11H,5-6H2,1H3. The molecule has 5 heteroatoms. The van der Waals surface area contributed by atoms with Gasteiger partial charge in [-0.1, -0.05) is 6.07 Å². The lowest BCUT2D eigenvalue weighted by Gasteiger charge is -2.06. The molecule has 0 amide bonds. The summed E-state index contributed by atoms with van der Waals surface area (Å²) in [5, 5.41) is 0. The van der Waals surface area contributed by atoms with Crippen LogP contribution in [0.3, 0.4) is 0 Å². The zero-order valence-corrected chi connectivity index (χ0v) is 9.25. The second-order valence-electron chi connectivity index (χ2n) is 3.57. The van der Waals surface area contributed by atoms with Crippen molar-refractivity contribution in [3.05, 3.63) is 24.3 Å². The Morgan fingerprint density at radius 1 is 1.40 bits per heavy atom. The maximum absolute atomic E-state index is 11.8. The molecule has 1 aliphatic rings. The van der Waals surface area contributed by atoms with Crippen molar-refractivity contribution in [3.63, 3.8) is 0 Å². The van der Waals surface area contributed by atoms with Crippen molar-refractivity contribution >= 4 is 10.0 Å². The van der Waals surface area contributed by atoms with E-state index in [1.807, 2.05) is 0 Å². The number of hydrogen-bond donors (Lipinski definition) is 1. The molecule has 1 aromatic carbocycles. The van der Waals surface area contributed by atoms with Gasteiger partial charge in [-0.15, -0.1) is 0 Å². The minimum atomic E-state index is -3.36. The zero-order valence-electron chi connectivity index (χ0n) is 8.43. The molecule has 0 heterocycles. The monoisotopic (exact) mass is 227 g/mol. The predicted molar refractivity (Wildman–Crippen MR) is 56.3 cm³/mol. The van der Waals surface area contributed by atoms with Crippen molar-refractivity contribution < 1.29 is 13.2 Å². The Bertz CT molecular complexity index is 451. The molecule has 1 N–H and O–H groups in total. The van der Waals surface area contributed by atoms with Gasteiger partial charge in [0.25, 0.3) is 0 Å². The second-order valence-corrected chi connectivity index (χ2v) is 5.29. The molecule has 0 saturated heterocycles. The van der Waals surface area contributed by atoms with E-state index in [1.165, 1.54) is 13.2 Å². The lowest BCUT2D eigenvalue weighted by Crippen LogP contribution is -2.25. The van der Waals surface area contributed by atoms with Gasteiger partial charge in [-0.3, -0.25) is 0 Å². The Morgan fingerprint density at radius 2 is 2.13 bits per heavy atom. The van der Waals surface area contributed by atoms with Crippen LogP contribution in [-0.4, -0.2) is 21.6 Å². The summed E-state index contributed by atoms with van der Waals surface area (Å²) in [6.07, 6.45) is 1.87. The highest BCUT2D eigenvalue weighted by molar-refractivity contribution is 7.89. The van der Waals surface area contributed by atoms with E-state index >= 15 is 0 Å². The molecule has 1 aromatic rings. The van der Waals surface area contributed by atoms with Crippen LogP contribution in [0.1, 0.15) is 12.8 Å². The highest BCUT2D eigenvalue weighted by Crippen LogP contribution is 2.23. The van der Waals surface area contributed by atoms with Crippen LogP contribution in [0.5, 0.6) is 5.75 Å². The summed E-state index contributed by atoms with van der Waals surface area (Å²) in [6.45, 7) is 0. The number of hydrogen-bond acceptors (Lipinski definition) is 3. The minimum Gasteiger partial charge on any atom is -0.497 e. The van der Waals surface area contributed by atoms with Gasteiger partial charge in [-0.25, -0.2) is 13.1 Å². The van der Waals surface area contributed by atoms with Gasteiger partial charge in [0.1, 0.15) is 5.75 Å². The highest BCUT2D eigenvalue weighted by atomic mass is 32.2. The first-order chi connectivity index (χ1) is 7.12. The fourth-order valence-electron chi connectivity index (χ4n) is 1.26. The van der Waals surface area contributed by atoms with E-state index < -0.39 is 10.0 Å². The fraction of sp³-hybridized carbons (Fsp3) is 0.400. The van der Waals surface area contributed by atoms with E-state index in [0.717, 1.165) is 12.8 Å². The molecule has 4 nitrogen and oxygen atoms in total. The molecule has 0 radical (unpaired) electrons. The van der Waals surface area contributed by atoms with Crippen LogP contribution >= 0.6 is 0 Å². The maximum Gasteiger partial charge on any atom is 0.240 e. The Kier molecular flexibility index (Phi) is 2.67. The predicted octanol–water partition coefficient (Wildman–Crippen LogP) is 1.14. The first kappa shape index (κ1) is 10.4. The number of methoxy groups -OCH3 is 1. The van der Waals surface area contributed by atoms with Gasteiger partial charge in [-0.2, -0.15) is 0 Å². The molecular formula is C10H13NO3S. The largest absolute Gasteiger partial charge is 0.497 e. The molecule has 1 aliphatic carbocycles. The summed E-state index contributed by atoms with van der Waals surface area (Å²) in [4.78, 5) is 0.258. The van der Waals surface area contributed by atoms with Crippen LogP contribution in [0.15, 0.2) is 29.2 Å².